The second-order valence-corrected chi connectivity index (χ2v) is 7.27. The molecule has 0 unspecified atom stereocenters. The number of hydrogen-bond acceptors (Lipinski definition) is 1. The van der Waals surface area contributed by atoms with Crippen molar-refractivity contribution in [1.82, 2.24) is 9.88 Å². The third-order valence-electron chi connectivity index (χ3n) is 5.56. The van der Waals surface area contributed by atoms with Gasteiger partial charge in [-0.15, -0.1) is 0 Å². The molecule has 1 heterocycles. The van der Waals surface area contributed by atoms with E-state index < -0.39 is 0 Å². The number of rotatable bonds is 6. The van der Waals surface area contributed by atoms with Crippen LogP contribution in [0.3, 0.4) is 0 Å². The molecular weight excluding hydrogens is 316 g/mol. The summed E-state index contributed by atoms with van der Waals surface area (Å²) < 4.78 is 2.49. The Morgan fingerprint density at radius 1 is 1.31 bits per heavy atom. The summed E-state index contributed by atoms with van der Waals surface area (Å²) in [6.45, 7) is 12.8. The standard InChI is InChI=1S/C24H32N2/c1-5-23-22(21-14-11-15-24(21)26(23)6-2)16-18(3)17-25-19(4)20-12-9-7-8-10-13-20/h5,7-10,12,16,19,25H,3,6,11,13-15,17H2,1-2,4H3/b22-16-,23-5+/t19-/m1/s1. The van der Waals surface area contributed by atoms with Crippen molar-refractivity contribution < 1.29 is 0 Å². The fraction of sp³-hybridized carbons (Fsp3) is 0.417. The molecule has 0 amide bonds. The Balaban J connectivity index is 1.77. The first-order valence-corrected chi connectivity index (χ1v) is 9.97. The van der Waals surface area contributed by atoms with E-state index in [0.29, 0.717) is 6.04 Å². The van der Waals surface area contributed by atoms with Gasteiger partial charge >= 0.3 is 0 Å². The zero-order chi connectivity index (χ0) is 18.5. The summed E-state index contributed by atoms with van der Waals surface area (Å²) >= 11 is 0. The van der Waals surface area contributed by atoms with Crippen LogP contribution in [0.25, 0.3) is 12.2 Å². The highest BCUT2D eigenvalue weighted by atomic mass is 15.0. The van der Waals surface area contributed by atoms with E-state index in [2.05, 4.69) is 79.8 Å². The van der Waals surface area contributed by atoms with Crippen molar-refractivity contribution in [3.63, 3.8) is 0 Å². The maximum absolute atomic E-state index is 4.33. The molecular formula is C24H32N2. The summed E-state index contributed by atoms with van der Waals surface area (Å²) in [6.07, 6.45) is 20.1. The fourth-order valence-electron chi connectivity index (χ4n) is 4.18. The van der Waals surface area contributed by atoms with Gasteiger partial charge in [-0.1, -0.05) is 43.0 Å². The molecule has 26 heavy (non-hydrogen) atoms. The first kappa shape index (κ1) is 18.7. The quantitative estimate of drug-likeness (QED) is 0.832. The molecule has 0 radical (unpaired) electrons. The first-order chi connectivity index (χ1) is 12.7. The van der Waals surface area contributed by atoms with Gasteiger partial charge in [-0.3, -0.25) is 0 Å². The van der Waals surface area contributed by atoms with Gasteiger partial charge in [-0.25, -0.2) is 0 Å². The number of fused-ring (bicyclic) bond motifs is 1. The third kappa shape index (κ3) is 3.86. The van der Waals surface area contributed by atoms with Crippen LogP contribution in [0, 0.1) is 0 Å². The van der Waals surface area contributed by atoms with Crippen molar-refractivity contribution in [2.75, 3.05) is 6.54 Å². The maximum Gasteiger partial charge on any atom is 0.0442 e. The van der Waals surface area contributed by atoms with Gasteiger partial charge in [0, 0.05) is 35.4 Å². The minimum atomic E-state index is 0.357. The minimum absolute atomic E-state index is 0.357. The number of aromatic nitrogens is 1. The van der Waals surface area contributed by atoms with Crippen LogP contribution >= 0.6 is 0 Å². The van der Waals surface area contributed by atoms with Gasteiger partial charge in [0.2, 0.25) is 0 Å². The van der Waals surface area contributed by atoms with Crippen molar-refractivity contribution in [2.24, 2.45) is 0 Å². The van der Waals surface area contributed by atoms with Gasteiger partial charge in [-0.05, 0) is 69.2 Å². The SMILES string of the molecule is C=C(/C=c1/c2c(n(CC)/c1=C/C)CCC2)CN[C@H](C)C1=CC=CC=CC1. The van der Waals surface area contributed by atoms with E-state index in [1.54, 1.807) is 11.3 Å². The van der Waals surface area contributed by atoms with E-state index in [1.165, 1.54) is 35.4 Å². The van der Waals surface area contributed by atoms with Crippen molar-refractivity contribution in [2.45, 2.75) is 59.0 Å². The van der Waals surface area contributed by atoms with Crippen molar-refractivity contribution >= 4 is 12.2 Å². The number of nitrogens with zero attached hydrogens (tertiary/aromatic N) is 1. The first-order valence-electron chi connectivity index (χ1n) is 9.97. The molecule has 0 spiro atoms. The van der Waals surface area contributed by atoms with Crippen molar-refractivity contribution in [3.05, 3.63) is 69.9 Å². The topological polar surface area (TPSA) is 17.0 Å². The third-order valence-corrected chi connectivity index (χ3v) is 5.56. The lowest BCUT2D eigenvalue weighted by Crippen LogP contribution is -2.32. The van der Waals surface area contributed by atoms with Crippen LogP contribution in [0.1, 0.15) is 44.9 Å². The molecule has 0 bridgehead atoms. The highest BCUT2D eigenvalue weighted by Gasteiger charge is 2.18. The zero-order valence-electron chi connectivity index (χ0n) is 16.5. The van der Waals surface area contributed by atoms with Crippen LogP contribution in [-0.2, 0) is 19.4 Å². The summed E-state index contributed by atoms with van der Waals surface area (Å²) in [7, 11) is 0. The van der Waals surface area contributed by atoms with E-state index in [1.807, 2.05) is 0 Å². The lowest BCUT2D eigenvalue weighted by Gasteiger charge is -2.16. The van der Waals surface area contributed by atoms with Crippen LogP contribution in [0.15, 0.2) is 48.1 Å². The molecule has 2 aliphatic carbocycles. The molecule has 2 heteroatoms. The van der Waals surface area contributed by atoms with Crippen LogP contribution < -0.4 is 15.9 Å². The predicted octanol–water partition coefficient (Wildman–Crippen LogP) is 3.55. The smallest absolute Gasteiger partial charge is 0.0442 e. The summed E-state index contributed by atoms with van der Waals surface area (Å²) in [4.78, 5) is 0. The highest BCUT2D eigenvalue weighted by Crippen LogP contribution is 2.18. The Bertz CT molecular complexity index is 874. The molecule has 0 saturated heterocycles. The summed E-state index contributed by atoms with van der Waals surface area (Å²) in [6, 6.07) is 0.357. The molecule has 1 N–H and O–H groups in total. The van der Waals surface area contributed by atoms with Crippen molar-refractivity contribution in [1.29, 1.82) is 0 Å². The zero-order valence-corrected chi connectivity index (χ0v) is 16.5. The summed E-state index contributed by atoms with van der Waals surface area (Å²) in [5.74, 6) is 0. The second kappa shape index (κ2) is 8.55. The fourth-order valence-corrected chi connectivity index (χ4v) is 4.18. The molecule has 0 aliphatic heterocycles. The second-order valence-electron chi connectivity index (χ2n) is 7.27. The van der Waals surface area contributed by atoms with E-state index in [-0.39, 0.29) is 0 Å². The molecule has 1 atom stereocenters. The largest absolute Gasteiger partial charge is 0.345 e. The number of nitrogens with one attached hydrogen (secondary N) is 1. The molecule has 1 aromatic rings. The Morgan fingerprint density at radius 2 is 2.15 bits per heavy atom. The Morgan fingerprint density at radius 3 is 2.92 bits per heavy atom. The lowest BCUT2D eigenvalue weighted by molar-refractivity contribution is 0.640. The average Bonchev–Trinajstić information content (AvgIpc) is 3.09. The van der Waals surface area contributed by atoms with E-state index >= 15 is 0 Å². The summed E-state index contributed by atoms with van der Waals surface area (Å²) in [5, 5.41) is 6.41. The molecule has 3 rings (SSSR count). The van der Waals surface area contributed by atoms with Gasteiger partial charge in [0.05, 0.1) is 0 Å². The van der Waals surface area contributed by atoms with Crippen LogP contribution in [0.5, 0.6) is 0 Å². The Kier molecular flexibility index (Phi) is 6.16. The molecule has 0 fully saturated rings. The van der Waals surface area contributed by atoms with Gasteiger partial charge in [0.1, 0.15) is 0 Å². The molecule has 2 nitrogen and oxygen atoms in total. The molecule has 0 saturated carbocycles. The van der Waals surface area contributed by atoms with Gasteiger partial charge in [0.15, 0.2) is 0 Å². The number of allylic oxidation sites excluding steroid dienone is 5. The predicted molar refractivity (Wildman–Crippen MR) is 114 cm³/mol. The molecule has 0 aromatic carbocycles. The maximum atomic E-state index is 4.33. The Hall–Kier alpha value is -2.06. The van der Waals surface area contributed by atoms with Crippen LogP contribution in [-0.4, -0.2) is 17.2 Å². The van der Waals surface area contributed by atoms with Gasteiger partial charge in [0.25, 0.3) is 0 Å². The molecule has 138 valence electrons. The highest BCUT2D eigenvalue weighted by molar-refractivity contribution is 5.51. The molecule has 2 aliphatic rings. The van der Waals surface area contributed by atoms with E-state index in [9.17, 15) is 0 Å². The lowest BCUT2D eigenvalue weighted by atomic mass is 10.0. The normalized spacial score (nSPS) is 18.8. The van der Waals surface area contributed by atoms with E-state index in [4.69, 9.17) is 0 Å². The number of hydrogen-bond donors (Lipinski definition) is 1. The average molecular weight is 349 g/mol. The molecule has 1 aromatic heterocycles. The van der Waals surface area contributed by atoms with Gasteiger partial charge < -0.3 is 9.88 Å². The summed E-state index contributed by atoms with van der Waals surface area (Å²) in [5.41, 5.74) is 5.67. The minimum Gasteiger partial charge on any atom is -0.345 e. The monoisotopic (exact) mass is 348 g/mol. The van der Waals surface area contributed by atoms with Crippen LogP contribution in [0.4, 0.5) is 0 Å². The Labute approximate surface area is 158 Å². The van der Waals surface area contributed by atoms with Crippen molar-refractivity contribution in [3.8, 4) is 0 Å². The van der Waals surface area contributed by atoms with E-state index in [0.717, 1.165) is 25.1 Å². The van der Waals surface area contributed by atoms with Gasteiger partial charge in [-0.2, -0.15) is 0 Å². The van der Waals surface area contributed by atoms with Crippen LogP contribution in [0.2, 0.25) is 0 Å².